The van der Waals surface area contributed by atoms with Gasteiger partial charge in [0.25, 0.3) is 0 Å². The van der Waals surface area contributed by atoms with Gasteiger partial charge in [0, 0.05) is 16.9 Å². The predicted molar refractivity (Wildman–Crippen MR) is 85.1 cm³/mol. The van der Waals surface area contributed by atoms with Crippen LogP contribution in [0, 0.1) is 13.8 Å². The quantitative estimate of drug-likeness (QED) is 0.693. The van der Waals surface area contributed by atoms with Crippen LogP contribution in [0.25, 0.3) is 10.1 Å². The van der Waals surface area contributed by atoms with Crippen LogP contribution in [0.1, 0.15) is 16.7 Å². The molecule has 0 spiro atoms. The molecule has 0 unspecified atom stereocenters. The Kier molecular flexibility index (Phi) is 3.26. The van der Waals surface area contributed by atoms with E-state index < -0.39 is 0 Å². The summed E-state index contributed by atoms with van der Waals surface area (Å²) >= 11 is 1.79. The van der Waals surface area contributed by atoms with Crippen molar-refractivity contribution in [3.05, 3.63) is 64.5 Å². The van der Waals surface area contributed by atoms with E-state index in [-0.39, 0.29) is 0 Å². The second kappa shape index (κ2) is 5.06. The second-order valence-corrected chi connectivity index (χ2v) is 5.90. The van der Waals surface area contributed by atoms with Crippen LogP contribution in [0.2, 0.25) is 0 Å². The Bertz CT molecular complexity index is 712. The fraction of sp³-hybridized carbons (Fsp3) is 0.176. The Hall–Kier alpha value is -1.80. The molecule has 1 nitrogen and oxygen atoms in total. The van der Waals surface area contributed by atoms with Gasteiger partial charge in [0.1, 0.15) is 0 Å². The highest BCUT2D eigenvalue weighted by Crippen LogP contribution is 2.24. The van der Waals surface area contributed by atoms with Crippen molar-refractivity contribution in [2.24, 2.45) is 0 Å². The minimum Gasteiger partial charge on any atom is -0.381 e. The predicted octanol–water partition coefficient (Wildman–Crippen LogP) is 5.13. The third kappa shape index (κ3) is 2.64. The van der Waals surface area contributed by atoms with E-state index in [4.69, 9.17) is 0 Å². The lowest BCUT2D eigenvalue weighted by atomic mass is 10.1. The molecule has 3 rings (SSSR count). The van der Waals surface area contributed by atoms with Crippen LogP contribution in [0.3, 0.4) is 0 Å². The molecule has 0 bridgehead atoms. The van der Waals surface area contributed by atoms with Gasteiger partial charge in [0.15, 0.2) is 0 Å². The topological polar surface area (TPSA) is 12.0 Å². The molecule has 0 fully saturated rings. The summed E-state index contributed by atoms with van der Waals surface area (Å²) in [5, 5.41) is 6.96. The molecule has 1 heterocycles. The Morgan fingerprint density at radius 1 is 1.00 bits per heavy atom. The standard InChI is InChI=1S/C17H17NS/c1-12-3-4-15(13(2)9-12)11-18-16-5-6-17-14(10-16)7-8-19-17/h3-10,18H,11H2,1-2H3. The van der Waals surface area contributed by atoms with Crippen molar-refractivity contribution in [1.29, 1.82) is 0 Å². The van der Waals surface area contributed by atoms with E-state index in [0.29, 0.717) is 0 Å². The van der Waals surface area contributed by atoms with Crippen molar-refractivity contribution in [3.8, 4) is 0 Å². The lowest BCUT2D eigenvalue weighted by Gasteiger charge is -2.10. The summed E-state index contributed by atoms with van der Waals surface area (Å²) in [6.45, 7) is 5.18. The minimum absolute atomic E-state index is 0.877. The molecular weight excluding hydrogens is 250 g/mol. The lowest BCUT2D eigenvalue weighted by molar-refractivity contribution is 1.11. The Morgan fingerprint density at radius 3 is 2.74 bits per heavy atom. The largest absolute Gasteiger partial charge is 0.381 e. The molecule has 2 aromatic carbocycles. The van der Waals surface area contributed by atoms with Crippen LogP contribution < -0.4 is 5.32 Å². The molecule has 0 aliphatic heterocycles. The number of hydrogen-bond donors (Lipinski definition) is 1. The number of anilines is 1. The molecule has 3 aromatic rings. The van der Waals surface area contributed by atoms with Crippen molar-refractivity contribution in [2.45, 2.75) is 20.4 Å². The monoisotopic (exact) mass is 267 g/mol. The zero-order valence-corrected chi connectivity index (χ0v) is 12.1. The molecule has 19 heavy (non-hydrogen) atoms. The number of thiophene rings is 1. The maximum Gasteiger partial charge on any atom is 0.0403 e. The van der Waals surface area contributed by atoms with Crippen LogP contribution in [-0.4, -0.2) is 0 Å². The van der Waals surface area contributed by atoms with Crippen LogP contribution >= 0.6 is 11.3 Å². The first kappa shape index (κ1) is 12.2. The van der Waals surface area contributed by atoms with Crippen molar-refractivity contribution in [1.82, 2.24) is 0 Å². The zero-order chi connectivity index (χ0) is 13.2. The fourth-order valence-corrected chi connectivity index (χ4v) is 3.09. The van der Waals surface area contributed by atoms with Crippen molar-refractivity contribution in [3.63, 3.8) is 0 Å². The van der Waals surface area contributed by atoms with E-state index in [1.165, 1.54) is 32.5 Å². The molecule has 96 valence electrons. The summed E-state index contributed by atoms with van der Waals surface area (Å²) in [6, 6.07) is 15.3. The highest BCUT2D eigenvalue weighted by molar-refractivity contribution is 7.17. The third-order valence-electron chi connectivity index (χ3n) is 3.43. The van der Waals surface area contributed by atoms with Crippen LogP contribution in [0.15, 0.2) is 47.8 Å². The van der Waals surface area contributed by atoms with E-state index in [1.807, 2.05) is 0 Å². The number of hydrogen-bond acceptors (Lipinski definition) is 2. The van der Waals surface area contributed by atoms with Crippen LogP contribution in [0.5, 0.6) is 0 Å². The molecule has 2 heteroatoms. The number of aryl methyl sites for hydroxylation is 2. The van der Waals surface area contributed by atoms with Crippen molar-refractivity contribution < 1.29 is 0 Å². The van der Waals surface area contributed by atoms with Gasteiger partial charge in [-0.05, 0) is 60.0 Å². The Morgan fingerprint density at radius 2 is 1.89 bits per heavy atom. The van der Waals surface area contributed by atoms with Gasteiger partial charge in [-0.1, -0.05) is 23.8 Å². The van der Waals surface area contributed by atoms with Crippen molar-refractivity contribution >= 4 is 27.1 Å². The molecule has 0 aliphatic rings. The Labute approximate surface area is 117 Å². The van der Waals surface area contributed by atoms with Crippen molar-refractivity contribution in [2.75, 3.05) is 5.32 Å². The first-order chi connectivity index (χ1) is 9.22. The van der Waals surface area contributed by atoms with Gasteiger partial charge in [0.2, 0.25) is 0 Å². The molecule has 0 radical (unpaired) electrons. The van der Waals surface area contributed by atoms with Gasteiger partial charge < -0.3 is 5.32 Å². The molecular formula is C17H17NS. The number of fused-ring (bicyclic) bond motifs is 1. The molecule has 0 atom stereocenters. The van der Waals surface area contributed by atoms with E-state index in [2.05, 4.69) is 67.0 Å². The summed E-state index contributed by atoms with van der Waals surface area (Å²) in [6.07, 6.45) is 0. The molecule has 1 N–H and O–H groups in total. The lowest BCUT2D eigenvalue weighted by Crippen LogP contribution is -2.01. The zero-order valence-electron chi connectivity index (χ0n) is 11.2. The highest BCUT2D eigenvalue weighted by atomic mass is 32.1. The van der Waals surface area contributed by atoms with Crippen LogP contribution in [-0.2, 0) is 6.54 Å². The molecule has 1 aromatic heterocycles. The fourth-order valence-electron chi connectivity index (χ4n) is 2.32. The number of nitrogens with one attached hydrogen (secondary N) is 1. The first-order valence-electron chi connectivity index (χ1n) is 6.50. The smallest absolute Gasteiger partial charge is 0.0403 e. The normalized spacial score (nSPS) is 10.8. The van der Waals surface area contributed by atoms with Gasteiger partial charge in [-0.3, -0.25) is 0 Å². The molecule has 0 saturated carbocycles. The van der Waals surface area contributed by atoms with Gasteiger partial charge in [-0.25, -0.2) is 0 Å². The molecule has 0 saturated heterocycles. The Balaban J connectivity index is 1.77. The van der Waals surface area contributed by atoms with Gasteiger partial charge in [-0.2, -0.15) is 0 Å². The highest BCUT2D eigenvalue weighted by Gasteiger charge is 2.00. The van der Waals surface area contributed by atoms with Gasteiger partial charge in [0.05, 0.1) is 0 Å². The average Bonchev–Trinajstić information content (AvgIpc) is 2.85. The van der Waals surface area contributed by atoms with E-state index >= 15 is 0 Å². The number of rotatable bonds is 3. The summed E-state index contributed by atoms with van der Waals surface area (Å²) in [5.41, 5.74) is 5.21. The first-order valence-corrected chi connectivity index (χ1v) is 7.37. The molecule has 0 amide bonds. The van der Waals surface area contributed by atoms with E-state index in [1.54, 1.807) is 11.3 Å². The summed E-state index contributed by atoms with van der Waals surface area (Å²) in [4.78, 5) is 0. The SMILES string of the molecule is Cc1ccc(CNc2ccc3sccc3c2)c(C)c1. The maximum absolute atomic E-state index is 3.51. The summed E-state index contributed by atoms with van der Waals surface area (Å²) in [7, 11) is 0. The summed E-state index contributed by atoms with van der Waals surface area (Å²) in [5.74, 6) is 0. The van der Waals surface area contributed by atoms with Gasteiger partial charge in [-0.15, -0.1) is 11.3 Å². The van der Waals surface area contributed by atoms with E-state index in [9.17, 15) is 0 Å². The van der Waals surface area contributed by atoms with E-state index in [0.717, 1.165) is 6.54 Å². The minimum atomic E-state index is 0.877. The number of benzene rings is 2. The third-order valence-corrected chi connectivity index (χ3v) is 4.33. The second-order valence-electron chi connectivity index (χ2n) is 4.96. The maximum atomic E-state index is 3.51. The van der Waals surface area contributed by atoms with Gasteiger partial charge >= 0.3 is 0 Å². The summed E-state index contributed by atoms with van der Waals surface area (Å²) < 4.78 is 1.34. The molecule has 0 aliphatic carbocycles. The average molecular weight is 267 g/mol. The van der Waals surface area contributed by atoms with Crippen LogP contribution in [0.4, 0.5) is 5.69 Å².